The third kappa shape index (κ3) is 6.42. The van der Waals surface area contributed by atoms with E-state index >= 15 is 0 Å². The number of nitrogens with zero attached hydrogens (tertiary/aromatic N) is 4. The van der Waals surface area contributed by atoms with E-state index in [1.165, 1.54) is 11.9 Å². The van der Waals surface area contributed by atoms with Gasteiger partial charge in [-0.1, -0.05) is 41.4 Å². The number of azide groups is 1. The number of hydrogen-bond donors (Lipinski definition) is 1. The fourth-order valence-corrected chi connectivity index (χ4v) is 1.71. The second kappa shape index (κ2) is 9.71. The fourth-order valence-electron chi connectivity index (χ4n) is 1.71. The molecule has 0 saturated heterocycles. The van der Waals surface area contributed by atoms with Crippen LogP contribution in [0, 0.1) is 12.3 Å². The predicted octanol–water partition coefficient (Wildman–Crippen LogP) is 1.86. The van der Waals surface area contributed by atoms with Gasteiger partial charge in [-0.25, -0.2) is 4.79 Å². The third-order valence-corrected chi connectivity index (χ3v) is 2.83. The lowest BCUT2D eigenvalue weighted by molar-refractivity contribution is -0.120. The minimum Gasteiger partial charge on any atom is -0.447 e. The van der Waals surface area contributed by atoms with Crippen molar-refractivity contribution in [2.75, 3.05) is 26.7 Å². The van der Waals surface area contributed by atoms with E-state index in [4.69, 9.17) is 16.7 Å². The number of benzene rings is 1. The van der Waals surface area contributed by atoms with E-state index in [1.54, 1.807) is 24.3 Å². The van der Waals surface area contributed by atoms with E-state index < -0.39 is 18.0 Å². The second-order valence-corrected chi connectivity index (χ2v) is 4.56. The number of hydrogen-bond acceptors (Lipinski definition) is 4. The van der Waals surface area contributed by atoms with Gasteiger partial charge < -0.3 is 15.0 Å². The Bertz CT molecular complexity index is 620. The van der Waals surface area contributed by atoms with Crippen LogP contribution in [0.25, 0.3) is 10.4 Å². The monoisotopic (exact) mass is 315 g/mol. The smallest absolute Gasteiger partial charge is 0.410 e. The predicted molar refractivity (Wildman–Crippen MR) is 84.1 cm³/mol. The normalized spacial score (nSPS) is 10.6. The summed E-state index contributed by atoms with van der Waals surface area (Å²) >= 11 is 0. The Morgan fingerprint density at radius 1 is 1.48 bits per heavy atom. The van der Waals surface area contributed by atoms with Crippen molar-refractivity contribution in [1.82, 2.24) is 10.2 Å². The maximum Gasteiger partial charge on any atom is 0.410 e. The van der Waals surface area contributed by atoms with Crippen LogP contribution in [0.15, 0.2) is 35.4 Å². The Morgan fingerprint density at radius 3 is 2.78 bits per heavy atom. The van der Waals surface area contributed by atoms with Crippen molar-refractivity contribution in [2.24, 2.45) is 5.11 Å². The molecule has 0 bridgehead atoms. The van der Waals surface area contributed by atoms with Gasteiger partial charge in [0, 0.05) is 12.0 Å². The largest absolute Gasteiger partial charge is 0.447 e. The number of carbonyl (C=O) groups is 2. The van der Waals surface area contributed by atoms with E-state index in [-0.39, 0.29) is 19.7 Å². The van der Waals surface area contributed by atoms with Crippen LogP contribution in [0.1, 0.15) is 11.6 Å². The van der Waals surface area contributed by atoms with Crippen LogP contribution in [-0.2, 0) is 9.53 Å². The summed E-state index contributed by atoms with van der Waals surface area (Å²) in [5.74, 6) is 1.86. The highest BCUT2D eigenvalue weighted by molar-refractivity contribution is 5.78. The lowest BCUT2D eigenvalue weighted by atomic mass is 10.1. The van der Waals surface area contributed by atoms with Crippen LogP contribution in [-0.4, -0.2) is 43.6 Å². The molecule has 8 nitrogen and oxygen atoms in total. The number of amides is 2. The van der Waals surface area contributed by atoms with Gasteiger partial charge in [-0.05, 0) is 11.1 Å². The maximum atomic E-state index is 11.8. The van der Waals surface area contributed by atoms with Crippen molar-refractivity contribution in [3.63, 3.8) is 0 Å². The van der Waals surface area contributed by atoms with Gasteiger partial charge in [0.1, 0.15) is 13.2 Å². The second-order valence-electron chi connectivity index (χ2n) is 4.56. The molecule has 0 unspecified atom stereocenters. The first kappa shape index (κ1) is 17.9. The van der Waals surface area contributed by atoms with Crippen LogP contribution < -0.4 is 5.32 Å². The molecule has 120 valence electrons. The Labute approximate surface area is 134 Å². The van der Waals surface area contributed by atoms with Crippen molar-refractivity contribution >= 4 is 12.0 Å². The van der Waals surface area contributed by atoms with Crippen LogP contribution in [0.5, 0.6) is 0 Å². The molecule has 2 amide bonds. The van der Waals surface area contributed by atoms with Crippen molar-refractivity contribution in [3.8, 4) is 12.3 Å². The highest BCUT2D eigenvalue weighted by Gasteiger charge is 2.17. The summed E-state index contributed by atoms with van der Waals surface area (Å²) < 4.78 is 5.15. The molecule has 1 N–H and O–H groups in total. The Balaban J connectivity index is 2.72. The molecule has 1 aromatic carbocycles. The summed E-state index contributed by atoms with van der Waals surface area (Å²) in [6.07, 6.45) is 4.54. The highest BCUT2D eigenvalue weighted by Crippen LogP contribution is 2.13. The molecule has 8 heteroatoms. The Hall–Kier alpha value is -3.17. The van der Waals surface area contributed by atoms with Gasteiger partial charge in [0.25, 0.3) is 0 Å². The lowest BCUT2D eigenvalue weighted by Gasteiger charge is -2.21. The van der Waals surface area contributed by atoms with Gasteiger partial charge in [-0.2, -0.15) is 0 Å². The minimum absolute atomic E-state index is 0.0697. The molecule has 0 saturated carbocycles. The maximum absolute atomic E-state index is 11.8. The van der Waals surface area contributed by atoms with Gasteiger partial charge in [0.05, 0.1) is 12.6 Å². The summed E-state index contributed by atoms with van der Waals surface area (Å²) in [6, 6.07) is 8.45. The Morgan fingerprint density at radius 2 is 2.17 bits per heavy atom. The average molecular weight is 315 g/mol. The average Bonchev–Trinajstić information content (AvgIpc) is 2.57. The number of ether oxygens (including phenoxy) is 1. The van der Waals surface area contributed by atoms with E-state index in [1.807, 2.05) is 6.07 Å². The zero-order chi connectivity index (χ0) is 17.1. The first-order valence-corrected chi connectivity index (χ1v) is 6.75. The quantitative estimate of drug-likeness (QED) is 0.359. The number of rotatable bonds is 7. The zero-order valence-corrected chi connectivity index (χ0v) is 12.7. The molecule has 1 aromatic rings. The number of nitrogens with one attached hydrogen (secondary N) is 1. The van der Waals surface area contributed by atoms with Gasteiger partial charge >= 0.3 is 6.09 Å². The lowest BCUT2D eigenvalue weighted by Crippen LogP contribution is -2.35. The van der Waals surface area contributed by atoms with Gasteiger partial charge in [0.2, 0.25) is 5.91 Å². The first-order valence-electron chi connectivity index (χ1n) is 6.75. The molecule has 0 aliphatic heterocycles. The summed E-state index contributed by atoms with van der Waals surface area (Å²) in [6.45, 7) is -0.275. The molecule has 1 rings (SSSR count). The SMILES string of the molecule is C#CCN(C)C(=O)OC[C@@H](NC(=O)CN=[N+]=[N-])c1ccccc1. The van der Waals surface area contributed by atoms with Crippen LogP contribution in [0.4, 0.5) is 4.79 Å². The molecule has 0 fully saturated rings. The van der Waals surface area contributed by atoms with Gasteiger partial charge in [-0.3, -0.25) is 4.79 Å². The van der Waals surface area contributed by atoms with Crippen LogP contribution >= 0.6 is 0 Å². The zero-order valence-electron chi connectivity index (χ0n) is 12.7. The molecule has 0 aromatic heterocycles. The number of terminal acetylenes is 1. The van der Waals surface area contributed by atoms with Crippen molar-refractivity contribution in [2.45, 2.75) is 6.04 Å². The van der Waals surface area contributed by atoms with Crippen molar-refractivity contribution in [3.05, 3.63) is 46.3 Å². The summed E-state index contributed by atoms with van der Waals surface area (Å²) in [4.78, 5) is 27.2. The third-order valence-electron chi connectivity index (χ3n) is 2.83. The number of carbonyl (C=O) groups excluding carboxylic acids is 2. The van der Waals surface area contributed by atoms with Crippen LogP contribution in [0.3, 0.4) is 0 Å². The molecule has 1 atom stereocenters. The molecule has 0 aliphatic carbocycles. The molecule has 0 spiro atoms. The molecular weight excluding hydrogens is 298 g/mol. The van der Waals surface area contributed by atoms with E-state index in [2.05, 4.69) is 21.3 Å². The van der Waals surface area contributed by atoms with Crippen LogP contribution in [0.2, 0.25) is 0 Å². The van der Waals surface area contributed by atoms with E-state index in [0.29, 0.717) is 0 Å². The van der Waals surface area contributed by atoms with Gasteiger partial charge in [-0.15, -0.1) is 6.42 Å². The van der Waals surface area contributed by atoms with E-state index in [0.717, 1.165) is 5.56 Å². The highest BCUT2D eigenvalue weighted by atomic mass is 16.6. The van der Waals surface area contributed by atoms with E-state index in [9.17, 15) is 9.59 Å². The summed E-state index contributed by atoms with van der Waals surface area (Å²) in [5, 5.41) is 5.85. The standard InChI is InChI=1S/C15H17N5O3/c1-3-9-20(2)15(22)23-11-13(12-7-5-4-6-8-12)18-14(21)10-17-19-16/h1,4-8,13H,9-11H2,2H3,(H,18,21)/t13-/m1/s1. The molecule has 0 aliphatic rings. The topological polar surface area (TPSA) is 107 Å². The van der Waals surface area contributed by atoms with Crippen molar-refractivity contribution in [1.29, 1.82) is 0 Å². The molecular formula is C15H17N5O3. The molecule has 23 heavy (non-hydrogen) atoms. The fraction of sp³-hybridized carbons (Fsp3) is 0.333. The van der Waals surface area contributed by atoms with Crippen molar-refractivity contribution < 1.29 is 14.3 Å². The van der Waals surface area contributed by atoms with Gasteiger partial charge in [0.15, 0.2) is 0 Å². The molecule has 0 radical (unpaired) electrons. The summed E-state index contributed by atoms with van der Waals surface area (Å²) in [5.41, 5.74) is 9.00. The summed E-state index contributed by atoms with van der Waals surface area (Å²) in [7, 11) is 1.51. The Kier molecular flexibility index (Phi) is 7.55. The minimum atomic E-state index is -0.590. The molecule has 0 heterocycles. The first-order chi connectivity index (χ1) is 11.1.